The topological polar surface area (TPSA) is 34.0 Å². The van der Waals surface area contributed by atoms with E-state index in [9.17, 15) is 0 Å². The first-order valence-electron chi connectivity index (χ1n) is 9.16. The first-order valence-corrected chi connectivity index (χ1v) is 9.16. The second-order valence-electron chi connectivity index (χ2n) is 7.74. The molecule has 2 saturated carbocycles. The Balaban J connectivity index is 1.56. The zero-order valence-electron chi connectivity index (χ0n) is 14.6. The van der Waals surface area contributed by atoms with Gasteiger partial charge in [0.1, 0.15) is 0 Å². The van der Waals surface area contributed by atoms with Gasteiger partial charge in [-0.25, -0.2) is 4.98 Å². The van der Waals surface area contributed by atoms with Crippen molar-refractivity contribution in [3.63, 3.8) is 0 Å². The Labute approximate surface area is 138 Å². The van der Waals surface area contributed by atoms with Gasteiger partial charge in [-0.2, -0.15) is 5.10 Å². The normalized spacial score (nSPS) is 25.4. The van der Waals surface area contributed by atoms with Crippen molar-refractivity contribution in [2.75, 3.05) is 0 Å². The van der Waals surface area contributed by atoms with E-state index in [1.165, 1.54) is 49.5 Å². The Morgan fingerprint density at radius 1 is 1.13 bits per heavy atom. The summed E-state index contributed by atoms with van der Waals surface area (Å²) in [5, 5.41) is 5.70. The fourth-order valence-corrected chi connectivity index (χ4v) is 4.19. The molecule has 0 aromatic carbocycles. The number of nitrogens with zero attached hydrogens (tertiary/aromatic N) is 4. The van der Waals surface area contributed by atoms with Crippen LogP contribution in [0.2, 0.25) is 0 Å². The Kier molecular flexibility index (Phi) is 3.88. The lowest BCUT2D eigenvalue weighted by atomic mass is 9.86. The van der Waals surface area contributed by atoms with Gasteiger partial charge in [-0.1, -0.05) is 6.92 Å². The van der Waals surface area contributed by atoms with Gasteiger partial charge in [0.2, 0.25) is 0 Å². The van der Waals surface area contributed by atoms with E-state index >= 15 is 0 Å². The molecule has 23 heavy (non-hydrogen) atoms. The van der Waals surface area contributed by atoms with Crippen LogP contribution in [-0.2, 0) is 13.6 Å². The van der Waals surface area contributed by atoms with Crippen molar-refractivity contribution in [3.8, 4) is 0 Å². The van der Waals surface area contributed by atoms with E-state index in [1.807, 2.05) is 11.7 Å². The third-order valence-electron chi connectivity index (χ3n) is 5.76. The van der Waals surface area contributed by atoms with Crippen LogP contribution in [0.25, 0.3) is 11.0 Å². The predicted molar refractivity (Wildman–Crippen MR) is 93.2 cm³/mol. The molecule has 2 aliphatic rings. The smallest absolute Gasteiger partial charge is 0.157 e. The molecule has 4 rings (SSSR count). The van der Waals surface area contributed by atoms with Gasteiger partial charge in [0.25, 0.3) is 0 Å². The van der Waals surface area contributed by atoms with E-state index < -0.39 is 0 Å². The average Bonchev–Trinajstić information content (AvgIpc) is 3.34. The lowest BCUT2D eigenvalue weighted by molar-refractivity contribution is 0.124. The molecule has 0 amide bonds. The summed E-state index contributed by atoms with van der Waals surface area (Å²) in [7, 11) is 1.97. The molecule has 0 bridgehead atoms. The third kappa shape index (κ3) is 3.01. The molecule has 0 N–H and O–H groups in total. The van der Waals surface area contributed by atoms with E-state index in [2.05, 4.69) is 41.1 Å². The van der Waals surface area contributed by atoms with Crippen LogP contribution in [-0.4, -0.2) is 31.7 Å². The summed E-state index contributed by atoms with van der Waals surface area (Å²) in [4.78, 5) is 7.44. The first-order chi connectivity index (χ1) is 11.1. The summed E-state index contributed by atoms with van der Waals surface area (Å²) < 4.78 is 1.88. The van der Waals surface area contributed by atoms with Crippen LogP contribution in [0.5, 0.6) is 0 Å². The standard InChI is InChI=1S/C19H28N4/c1-13-4-6-16(7-5-13)23(17-8-9-17)12-15-10-18-14(2)21-22(3)19(18)20-11-15/h10-11,13,16-17H,4-9,12H2,1-3H3. The molecule has 0 spiro atoms. The van der Waals surface area contributed by atoms with Gasteiger partial charge in [0.15, 0.2) is 5.65 Å². The summed E-state index contributed by atoms with van der Waals surface area (Å²) in [6.07, 6.45) is 10.4. The predicted octanol–water partition coefficient (Wildman–Crippen LogP) is 3.82. The van der Waals surface area contributed by atoms with Gasteiger partial charge in [-0.15, -0.1) is 0 Å². The van der Waals surface area contributed by atoms with Crippen LogP contribution >= 0.6 is 0 Å². The zero-order chi connectivity index (χ0) is 16.0. The number of pyridine rings is 1. The fourth-order valence-electron chi connectivity index (χ4n) is 4.19. The maximum absolute atomic E-state index is 4.67. The molecular formula is C19H28N4. The number of rotatable bonds is 4. The molecular weight excluding hydrogens is 284 g/mol. The minimum Gasteiger partial charge on any atom is -0.293 e. The molecule has 0 radical (unpaired) electrons. The summed E-state index contributed by atoms with van der Waals surface area (Å²) in [5.41, 5.74) is 3.43. The van der Waals surface area contributed by atoms with Crippen LogP contribution < -0.4 is 0 Å². The van der Waals surface area contributed by atoms with Crippen LogP contribution in [0.1, 0.15) is 56.7 Å². The molecule has 2 heterocycles. The summed E-state index contributed by atoms with van der Waals surface area (Å²) in [6, 6.07) is 3.91. The minimum atomic E-state index is 0.782. The lowest BCUT2D eigenvalue weighted by Gasteiger charge is -2.36. The van der Waals surface area contributed by atoms with Gasteiger partial charge in [-0.05, 0) is 63.0 Å². The van der Waals surface area contributed by atoms with Crippen molar-refractivity contribution in [2.45, 2.75) is 71.0 Å². The van der Waals surface area contributed by atoms with Crippen LogP contribution in [0, 0.1) is 12.8 Å². The van der Waals surface area contributed by atoms with Crippen LogP contribution in [0.15, 0.2) is 12.3 Å². The maximum Gasteiger partial charge on any atom is 0.157 e. The van der Waals surface area contributed by atoms with Gasteiger partial charge in [0.05, 0.1) is 5.69 Å². The largest absolute Gasteiger partial charge is 0.293 e. The summed E-state index contributed by atoms with van der Waals surface area (Å²) in [6.45, 7) is 5.54. The molecule has 2 aromatic rings. The minimum absolute atomic E-state index is 0.782. The van der Waals surface area contributed by atoms with Crippen LogP contribution in [0.4, 0.5) is 0 Å². The first kappa shape index (κ1) is 15.1. The maximum atomic E-state index is 4.67. The molecule has 124 valence electrons. The number of aryl methyl sites for hydroxylation is 2. The third-order valence-corrected chi connectivity index (χ3v) is 5.76. The Bertz CT molecular complexity index is 693. The molecule has 2 fully saturated rings. The van der Waals surface area contributed by atoms with Gasteiger partial charge in [0, 0.05) is 37.3 Å². The monoisotopic (exact) mass is 312 g/mol. The molecule has 4 nitrogen and oxygen atoms in total. The second kappa shape index (κ2) is 5.90. The van der Waals surface area contributed by atoms with Crippen molar-refractivity contribution < 1.29 is 0 Å². The van der Waals surface area contributed by atoms with Gasteiger partial charge in [-0.3, -0.25) is 9.58 Å². The molecule has 2 aromatic heterocycles. The van der Waals surface area contributed by atoms with E-state index in [4.69, 9.17) is 0 Å². The quantitative estimate of drug-likeness (QED) is 0.860. The molecule has 0 saturated heterocycles. The zero-order valence-corrected chi connectivity index (χ0v) is 14.6. The highest BCUT2D eigenvalue weighted by atomic mass is 15.3. The van der Waals surface area contributed by atoms with Crippen molar-refractivity contribution in [1.29, 1.82) is 0 Å². The highest BCUT2D eigenvalue weighted by Crippen LogP contribution is 2.36. The highest BCUT2D eigenvalue weighted by Gasteiger charge is 2.35. The molecule has 4 heteroatoms. The van der Waals surface area contributed by atoms with Gasteiger partial charge >= 0.3 is 0 Å². The number of fused-ring (bicyclic) bond motifs is 1. The van der Waals surface area contributed by atoms with Crippen molar-refractivity contribution in [3.05, 3.63) is 23.5 Å². The van der Waals surface area contributed by atoms with E-state index in [0.29, 0.717) is 0 Å². The fraction of sp³-hybridized carbons (Fsp3) is 0.684. The highest BCUT2D eigenvalue weighted by molar-refractivity contribution is 5.78. The molecule has 2 aliphatic carbocycles. The van der Waals surface area contributed by atoms with Crippen molar-refractivity contribution in [1.82, 2.24) is 19.7 Å². The molecule has 0 unspecified atom stereocenters. The second-order valence-corrected chi connectivity index (χ2v) is 7.74. The number of hydrogen-bond acceptors (Lipinski definition) is 3. The number of hydrogen-bond donors (Lipinski definition) is 0. The van der Waals surface area contributed by atoms with E-state index in [0.717, 1.165) is 35.9 Å². The van der Waals surface area contributed by atoms with Gasteiger partial charge < -0.3 is 0 Å². The summed E-state index contributed by atoms with van der Waals surface area (Å²) >= 11 is 0. The SMILES string of the molecule is Cc1nn(C)c2ncc(CN(C3CCC(C)CC3)C3CC3)cc12. The van der Waals surface area contributed by atoms with Crippen molar-refractivity contribution in [2.24, 2.45) is 13.0 Å². The average molecular weight is 312 g/mol. The van der Waals surface area contributed by atoms with E-state index in [-0.39, 0.29) is 0 Å². The Hall–Kier alpha value is -1.42. The van der Waals surface area contributed by atoms with Crippen LogP contribution in [0.3, 0.4) is 0 Å². The Morgan fingerprint density at radius 2 is 1.78 bits per heavy atom. The molecule has 0 aliphatic heterocycles. The van der Waals surface area contributed by atoms with E-state index in [1.54, 1.807) is 0 Å². The summed E-state index contributed by atoms with van der Waals surface area (Å²) in [5.74, 6) is 0.920. The van der Waals surface area contributed by atoms with Crippen molar-refractivity contribution >= 4 is 11.0 Å². The lowest BCUT2D eigenvalue weighted by Crippen LogP contribution is -2.39. The molecule has 0 atom stereocenters. The Morgan fingerprint density at radius 3 is 2.43 bits per heavy atom. The number of aromatic nitrogens is 3.